The van der Waals surface area contributed by atoms with Gasteiger partial charge in [-0.3, -0.25) is 0 Å². The van der Waals surface area contributed by atoms with Crippen LogP contribution < -0.4 is 0 Å². The van der Waals surface area contributed by atoms with Crippen LogP contribution in [-0.4, -0.2) is 21.0 Å². The molecule has 1 aliphatic heterocycles. The summed E-state index contributed by atoms with van der Waals surface area (Å²) in [6.45, 7) is 17.2. The number of ether oxygens (including phenoxy) is 2. The summed E-state index contributed by atoms with van der Waals surface area (Å²) in [5.41, 5.74) is 8.17. The minimum absolute atomic E-state index is 0.0467. The molecule has 0 aromatic heterocycles. The van der Waals surface area contributed by atoms with Gasteiger partial charge in [0.15, 0.2) is 6.29 Å². The van der Waals surface area contributed by atoms with Crippen LogP contribution in [0, 0.1) is 11.5 Å². The summed E-state index contributed by atoms with van der Waals surface area (Å²) in [7, 11) is -1.69. The average molecular weight is 415 g/mol. The number of benzene rings is 1. The van der Waals surface area contributed by atoms with Crippen molar-refractivity contribution in [1.29, 1.82) is 0 Å². The van der Waals surface area contributed by atoms with Crippen molar-refractivity contribution in [3.8, 4) is 11.5 Å². The van der Waals surface area contributed by atoms with Crippen LogP contribution >= 0.6 is 0 Å². The van der Waals surface area contributed by atoms with Gasteiger partial charge in [0.05, 0.1) is 6.10 Å². The molecule has 1 fully saturated rings. The first kappa shape index (κ1) is 24.2. The van der Waals surface area contributed by atoms with Crippen molar-refractivity contribution in [1.82, 2.24) is 0 Å². The predicted octanol–water partition coefficient (Wildman–Crippen LogP) is 7.64. The first-order chi connectivity index (χ1) is 13.8. The van der Waals surface area contributed by atoms with Crippen molar-refractivity contribution < 1.29 is 9.47 Å². The molecule has 0 spiro atoms. The smallest absolute Gasteiger partial charge is 0.158 e. The van der Waals surface area contributed by atoms with Gasteiger partial charge in [0, 0.05) is 12.2 Å². The lowest BCUT2D eigenvalue weighted by Gasteiger charge is -2.38. The van der Waals surface area contributed by atoms with Gasteiger partial charge in [0.2, 0.25) is 0 Å². The third-order valence-electron chi connectivity index (χ3n) is 6.58. The molecular weight excluding hydrogens is 372 g/mol. The average Bonchev–Trinajstić information content (AvgIpc) is 2.68. The van der Waals surface area contributed by atoms with Gasteiger partial charge in [0.25, 0.3) is 0 Å². The quantitative estimate of drug-likeness (QED) is 0.321. The fraction of sp³-hybridized carbons (Fsp3) is 0.692. The van der Waals surface area contributed by atoms with Crippen LogP contribution in [0.15, 0.2) is 24.3 Å². The SMILES string of the molecule is CCC[C@@H](OC1CCCCO1)c1ccc(C#C[Si](C(C)C)(C(C)C)C(C)C)cc1. The second kappa shape index (κ2) is 11.3. The van der Waals surface area contributed by atoms with Gasteiger partial charge in [0.1, 0.15) is 8.07 Å². The summed E-state index contributed by atoms with van der Waals surface area (Å²) in [6.07, 6.45) is 5.55. The number of hydrogen-bond acceptors (Lipinski definition) is 2. The first-order valence-electron chi connectivity index (χ1n) is 11.7. The lowest BCUT2D eigenvalue weighted by Crippen LogP contribution is -2.43. The normalized spacial score (nSPS) is 18.8. The third kappa shape index (κ3) is 6.20. The van der Waals surface area contributed by atoms with Crippen LogP contribution in [0.25, 0.3) is 0 Å². The fourth-order valence-corrected chi connectivity index (χ4v) is 10.2. The van der Waals surface area contributed by atoms with Crippen LogP contribution in [0.5, 0.6) is 0 Å². The van der Waals surface area contributed by atoms with Gasteiger partial charge in [-0.25, -0.2) is 0 Å². The minimum atomic E-state index is -1.69. The molecule has 29 heavy (non-hydrogen) atoms. The number of rotatable bonds is 8. The molecule has 1 aromatic rings. The van der Waals surface area contributed by atoms with E-state index in [2.05, 4.69) is 84.2 Å². The molecule has 3 heteroatoms. The zero-order chi connectivity index (χ0) is 21.4. The Labute approximate surface area is 180 Å². The molecule has 162 valence electrons. The molecule has 2 nitrogen and oxygen atoms in total. The predicted molar refractivity (Wildman–Crippen MR) is 127 cm³/mol. The molecule has 1 unspecified atom stereocenters. The van der Waals surface area contributed by atoms with Crippen molar-refractivity contribution in [3.63, 3.8) is 0 Å². The second-order valence-corrected chi connectivity index (χ2v) is 15.1. The summed E-state index contributed by atoms with van der Waals surface area (Å²) in [5, 5.41) is 0. The maximum Gasteiger partial charge on any atom is 0.158 e. The standard InChI is InChI=1S/C26H42O2Si/c1-8-11-25(28-26-12-9-10-18-27-26)24-15-13-23(14-16-24)17-19-29(20(2)3,21(4)5)22(6)7/h13-16,20-22,25-26H,8-12,18H2,1-7H3/t25-,26?/m1/s1. The highest BCUT2D eigenvalue weighted by Crippen LogP contribution is 2.40. The molecule has 0 N–H and O–H groups in total. The molecule has 0 radical (unpaired) electrons. The van der Waals surface area contributed by atoms with E-state index in [4.69, 9.17) is 9.47 Å². The van der Waals surface area contributed by atoms with Crippen molar-refractivity contribution in [3.05, 3.63) is 35.4 Å². The van der Waals surface area contributed by atoms with Crippen LogP contribution in [0.1, 0.15) is 97.8 Å². The third-order valence-corrected chi connectivity index (χ3v) is 12.9. The van der Waals surface area contributed by atoms with E-state index in [1.54, 1.807) is 0 Å². The summed E-state index contributed by atoms with van der Waals surface area (Å²) in [6, 6.07) is 8.76. The minimum Gasteiger partial charge on any atom is -0.353 e. The van der Waals surface area contributed by atoms with Crippen molar-refractivity contribution >= 4 is 8.07 Å². The van der Waals surface area contributed by atoms with Crippen molar-refractivity contribution in [2.75, 3.05) is 6.61 Å². The maximum absolute atomic E-state index is 6.31. The van der Waals surface area contributed by atoms with Gasteiger partial charge in [-0.05, 0) is 60.0 Å². The van der Waals surface area contributed by atoms with E-state index in [-0.39, 0.29) is 12.4 Å². The van der Waals surface area contributed by atoms with Gasteiger partial charge in [-0.2, -0.15) is 0 Å². The zero-order valence-electron chi connectivity index (χ0n) is 19.8. The van der Waals surface area contributed by atoms with Crippen molar-refractivity contribution in [2.45, 2.75) is 110 Å². The van der Waals surface area contributed by atoms with Crippen LogP contribution in [0.4, 0.5) is 0 Å². The molecule has 1 aromatic carbocycles. The Morgan fingerprint density at radius 1 is 1.00 bits per heavy atom. The summed E-state index contributed by atoms with van der Waals surface area (Å²) < 4.78 is 12.1. The van der Waals surface area contributed by atoms with Crippen molar-refractivity contribution in [2.24, 2.45) is 0 Å². The molecule has 1 heterocycles. The highest BCUT2D eigenvalue weighted by Gasteiger charge is 2.41. The maximum atomic E-state index is 6.31. The Morgan fingerprint density at radius 3 is 2.10 bits per heavy atom. The van der Waals surface area contributed by atoms with E-state index in [9.17, 15) is 0 Å². The Balaban J connectivity index is 2.18. The van der Waals surface area contributed by atoms with Crippen LogP contribution in [0.3, 0.4) is 0 Å². The van der Waals surface area contributed by atoms with E-state index < -0.39 is 8.07 Å². The van der Waals surface area contributed by atoms with Crippen LogP contribution in [0.2, 0.25) is 16.6 Å². The Hall–Kier alpha value is -1.08. The lowest BCUT2D eigenvalue weighted by atomic mass is 10.0. The molecule has 1 saturated heterocycles. The Bertz CT molecular complexity index is 638. The van der Waals surface area contributed by atoms with Crippen LogP contribution in [-0.2, 0) is 9.47 Å². The summed E-state index contributed by atoms with van der Waals surface area (Å²) in [5.74, 6) is 3.56. The topological polar surface area (TPSA) is 18.5 Å². The van der Waals surface area contributed by atoms with Gasteiger partial charge in [-0.15, -0.1) is 5.54 Å². The molecule has 0 bridgehead atoms. The molecule has 0 saturated carbocycles. The molecule has 2 rings (SSSR count). The molecule has 0 aliphatic carbocycles. The molecule has 2 atom stereocenters. The Morgan fingerprint density at radius 2 is 1.62 bits per heavy atom. The van der Waals surface area contributed by atoms with E-state index in [1.165, 1.54) is 12.0 Å². The van der Waals surface area contributed by atoms with Gasteiger partial charge >= 0.3 is 0 Å². The zero-order valence-corrected chi connectivity index (χ0v) is 20.8. The molecule has 1 aliphatic rings. The van der Waals surface area contributed by atoms with Gasteiger partial charge < -0.3 is 9.47 Å². The van der Waals surface area contributed by atoms with E-state index in [1.807, 2.05) is 0 Å². The second-order valence-electron chi connectivity index (χ2n) is 9.48. The first-order valence-corrected chi connectivity index (χ1v) is 13.9. The summed E-state index contributed by atoms with van der Waals surface area (Å²) in [4.78, 5) is 0. The number of hydrogen-bond donors (Lipinski definition) is 0. The highest BCUT2D eigenvalue weighted by atomic mass is 28.3. The van der Waals surface area contributed by atoms with E-state index >= 15 is 0 Å². The highest BCUT2D eigenvalue weighted by molar-refractivity contribution is 6.90. The molecular formula is C26H42O2Si. The summed E-state index contributed by atoms with van der Waals surface area (Å²) >= 11 is 0. The van der Waals surface area contributed by atoms with Gasteiger partial charge in [-0.1, -0.05) is 72.9 Å². The molecule has 0 amide bonds. The Kier molecular flexibility index (Phi) is 9.46. The largest absolute Gasteiger partial charge is 0.353 e. The van der Waals surface area contributed by atoms with E-state index in [0.717, 1.165) is 37.9 Å². The monoisotopic (exact) mass is 414 g/mol. The fourth-order valence-electron chi connectivity index (χ4n) is 4.97. The van der Waals surface area contributed by atoms with E-state index in [0.29, 0.717) is 16.6 Å². The lowest BCUT2D eigenvalue weighted by molar-refractivity contribution is -0.191.